The second-order valence-corrected chi connectivity index (χ2v) is 4.18. The molecule has 15 heavy (non-hydrogen) atoms. The van der Waals surface area contributed by atoms with Crippen molar-refractivity contribution in [3.63, 3.8) is 0 Å². The number of nitrogen functional groups attached to an aromatic ring is 1. The highest BCUT2D eigenvalue weighted by atomic mass is 16.3. The lowest BCUT2D eigenvalue weighted by molar-refractivity contribution is 0.180. The van der Waals surface area contributed by atoms with Gasteiger partial charge in [0.25, 0.3) is 0 Å². The maximum atomic E-state index is 9.58. The SMILES string of the molecule is Cc1cc(N)ccc1N1CC(N)C(O)C1. The number of benzene rings is 1. The average molecular weight is 207 g/mol. The molecule has 1 heterocycles. The van der Waals surface area contributed by atoms with E-state index in [0.717, 1.165) is 16.9 Å². The predicted octanol–water partition coefficient (Wildman–Crippen LogP) is 0.0854. The van der Waals surface area contributed by atoms with Gasteiger partial charge >= 0.3 is 0 Å². The van der Waals surface area contributed by atoms with E-state index in [9.17, 15) is 5.11 Å². The van der Waals surface area contributed by atoms with Crippen LogP contribution in [0.1, 0.15) is 5.56 Å². The van der Waals surface area contributed by atoms with Gasteiger partial charge in [-0.2, -0.15) is 0 Å². The first-order valence-corrected chi connectivity index (χ1v) is 5.12. The predicted molar refractivity (Wildman–Crippen MR) is 61.8 cm³/mol. The van der Waals surface area contributed by atoms with Crippen LogP contribution in [-0.4, -0.2) is 30.3 Å². The Morgan fingerprint density at radius 1 is 1.40 bits per heavy atom. The Labute approximate surface area is 89.5 Å². The molecule has 4 nitrogen and oxygen atoms in total. The number of aliphatic hydroxyl groups excluding tert-OH is 1. The molecular formula is C11H17N3O. The van der Waals surface area contributed by atoms with Crippen LogP contribution in [0.4, 0.5) is 11.4 Å². The summed E-state index contributed by atoms with van der Waals surface area (Å²) >= 11 is 0. The van der Waals surface area contributed by atoms with Crippen molar-refractivity contribution in [2.24, 2.45) is 5.73 Å². The summed E-state index contributed by atoms with van der Waals surface area (Å²) in [6.07, 6.45) is -0.429. The van der Waals surface area contributed by atoms with Gasteiger partial charge in [-0.3, -0.25) is 0 Å². The number of hydrogen-bond donors (Lipinski definition) is 3. The number of nitrogens with zero attached hydrogens (tertiary/aromatic N) is 1. The number of β-amino-alcohol motifs (C(OH)–C–C–N with tert-alkyl or cyclic N) is 1. The average Bonchev–Trinajstić information content (AvgIpc) is 2.46. The number of hydrogen-bond acceptors (Lipinski definition) is 4. The largest absolute Gasteiger partial charge is 0.399 e. The van der Waals surface area contributed by atoms with E-state index in [0.29, 0.717) is 13.1 Å². The van der Waals surface area contributed by atoms with Crippen molar-refractivity contribution >= 4 is 11.4 Å². The van der Waals surface area contributed by atoms with Crippen LogP contribution < -0.4 is 16.4 Å². The number of anilines is 2. The minimum atomic E-state index is -0.429. The Morgan fingerprint density at radius 2 is 2.13 bits per heavy atom. The van der Waals surface area contributed by atoms with Gasteiger partial charge < -0.3 is 21.5 Å². The maximum absolute atomic E-state index is 9.58. The molecule has 0 aromatic heterocycles. The first-order chi connectivity index (χ1) is 7.08. The third kappa shape index (κ3) is 1.91. The van der Waals surface area contributed by atoms with Gasteiger partial charge in [-0.05, 0) is 30.7 Å². The quantitative estimate of drug-likeness (QED) is 0.570. The van der Waals surface area contributed by atoms with Gasteiger partial charge in [0.15, 0.2) is 0 Å². The van der Waals surface area contributed by atoms with Gasteiger partial charge in [-0.1, -0.05) is 0 Å². The van der Waals surface area contributed by atoms with E-state index in [1.54, 1.807) is 0 Å². The molecule has 0 aliphatic carbocycles. The Kier molecular flexibility index (Phi) is 2.54. The molecule has 1 aromatic rings. The van der Waals surface area contributed by atoms with Crippen molar-refractivity contribution in [2.45, 2.75) is 19.1 Å². The molecule has 1 saturated heterocycles. The third-order valence-electron chi connectivity index (χ3n) is 2.89. The molecular weight excluding hydrogens is 190 g/mol. The molecule has 2 atom stereocenters. The zero-order valence-electron chi connectivity index (χ0n) is 8.85. The molecule has 82 valence electrons. The first-order valence-electron chi connectivity index (χ1n) is 5.12. The lowest BCUT2D eigenvalue weighted by Crippen LogP contribution is -2.32. The van der Waals surface area contributed by atoms with Crippen LogP contribution in [0.2, 0.25) is 0 Å². The Hall–Kier alpha value is -1.26. The van der Waals surface area contributed by atoms with E-state index in [-0.39, 0.29) is 6.04 Å². The zero-order valence-corrected chi connectivity index (χ0v) is 8.85. The summed E-state index contributed by atoms with van der Waals surface area (Å²) in [6, 6.07) is 5.64. The molecule has 0 saturated carbocycles. The number of aliphatic hydroxyl groups is 1. The van der Waals surface area contributed by atoms with Crippen molar-refractivity contribution in [1.82, 2.24) is 0 Å². The van der Waals surface area contributed by atoms with E-state index in [4.69, 9.17) is 11.5 Å². The van der Waals surface area contributed by atoms with Crippen LogP contribution in [0.5, 0.6) is 0 Å². The maximum Gasteiger partial charge on any atom is 0.0882 e. The zero-order chi connectivity index (χ0) is 11.0. The summed E-state index contributed by atoms with van der Waals surface area (Å²) in [7, 11) is 0. The number of nitrogens with two attached hydrogens (primary N) is 2. The van der Waals surface area contributed by atoms with Crippen LogP contribution in [0.15, 0.2) is 18.2 Å². The fourth-order valence-electron chi connectivity index (χ4n) is 2.04. The van der Waals surface area contributed by atoms with Gasteiger partial charge in [0.1, 0.15) is 0 Å². The van der Waals surface area contributed by atoms with Crippen LogP contribution in [0, 0.1) is 6.92 Å². The van der Waals surface area contributed by atoms with E-state index in [1.807, 2.05) is 25.1 Å². The Bertz CT molecular complexity index is 357. The summed E-state index contributed by atoms with van der Waals surface area (Å²) in [4.78, 5) is 2.10. The number of rotatable bonds is 1. The fourth-order valence-corrected chi connectivity index (χ4v) is 2.04. The lowest BCUT2D eigenvalue weighted by Gasteiger charge is -2.20. The third-order valence-corrected chi connectivity index (χ3v) is 2.89. The highest BCUT2D eigenvalue weighted by Crippen LogP contribution is 2.25. The highest BCUT2D eigenvalue weighted by molar-refractivity contribution is 5.60. The highest BCUT2D eigenvalue weighted by Gasteiger charge is 2.28. The van der Waals surface area contributed by atoms with Gasteiger partial charge in [0.2, 0.25) is 0 Å². The van der Waals surface area contributed by atoms with Gasteiger partial charge in [-0.25, -0.2) is 0 Å². The molecule has 0 spiro atoms. The van der Waals surface area contributed by atoms with Crippen molar-refractivity contribution in [3.8, 4) is 0 Å². The summed E-state index contributed by atoms with van der Waals surface area (Å²) in [5, 5.41) is 9.58. The normalized spacial score (nSPS) is 25.9. The molecule has 1 aromatic carbocycles. The van der Waals surface area contributed by atoms with Gasteiger partial charge in [0, 0.05) is 30.5 Å². The lowest BCUT2D eigenvalue weighted by atomic mass is 10.1. The number of aryl methyl sites for hydroxylation is 1. The van der Waals surface area contributed by atoms with Crippen molar-refractivity contribution in [1.29, 1.82) is 0 Å². The summed E-state index contributed by atoms with van der Waals surface area (Å²) in [6.45, 7) is 3.32. The molecule has 1 aliphatic heterocycles. The van der Waals surface area contributed by atoms with E-state index in [2.05, 4.69) is 4.90 Å². The molecule has 1 fully saturated rings. The smallest absolute Gasteiger partial charge is 0.0882 e. The van der Waals surface area contributed by atoms with Crippen LogP contribution in [-0.2, 0) is 0 Å². The van der Waals surface area contributed by atoms with Crippen molar-refractivity contribution in [2.75, 3.05) is 23.7 Å². The van der Waals surface area contributed by atoms with Gasteiger partial charge in [0.05, 0.1) is 6.10 Å². The molecule has 1 aliphatic rings. The van der Waals surface area contributed by atoms with Gasteiger partial charge in [-0.15, -0.1) is 0 Å². The van der Waals surface area contributed by atoms with Crippen LogP contribution in [0.3, 0.4) is 0 Å². The minimum Gasteiger partial charge on any atom is -0.399 e. The standard InChI is InChI=1S/C11H17N3O/c1-7-4-8(12)2-3-10(7)14-5-9(13)11(15)6-14/h2-4,9,11,15H,5-6,12-13H2,1H3. The van der Waals surface area contributed by atoms with E-state index >= 15 is 0 Å². The van der Waals surface area contributed by atoms with E-state index < -0.39 is 6.10 Å². The summed E-state index contributed by atoms with van der Waals surface area (Å²) in [5.74, 6) is 0. The van der Waals surface area contributed by atoms with Crippen molar-refractivity contribution in [3.05, 3.63) is 23.8 Å². The Balaban J connectivity index is 2.24. The monoisotopic (exact) mass is 207 g/mol. The van der Waals surface area contributed by atoms with Crippen LogP contribution >= 0.6 is 0 Å². The molecule has 2 unspecified atom stereocenters. The summed E-state index contributed by atoms with van der Waals surface area (Å²) in [5.41, 5.74) is 14.5. The second-order valence-electron chi connectivity index (χ2n) is 4.18. The van der Waals surface area contributed by atoms with Crippen molar-refractivity contribution < 1.29 is 5.11 Å². The first kappa shape index (κ1) is 10.3. The molecule has 0 radical (unpaired) electrons. The second kappa shape index (κ2) is 3.72. The van der Waals surface area contributed by atoms with E-state index in [1.165, 1.54) is 0 Å². The topological polar surface area (TPSA) is 75.5 Å². The molecule has 0 amide bonds. The summed E-state index contributed by atoms with van der Waals surface area (Å²) < 4.78 is 0. The molecule has 0 bridgehead atoms. The molecule has 2 rings (SSSR count). The minimum absolute atomic E-state index is 0.151. The van der Waals surface area contributed by atoms with Crippen LogP contribution in [0.25, 0.3) is 0 Å². The molecule has 4 heteroatoms. The fraction of sp³-hybridized carbons (Fsp3) is 0.455. The Morgan fingerprint density at radius 3 is 2.67 bits per heavy atom. The molecule has 5 N–H and O–H groups in total.